The van der Waals surface area contributed by atoms with Gasteiger partial charge in [-0.25, -0.2) is 13.8 Å². The van der Waals surface area contributed by atoms with Gasteiger partial charge in [-0.3, -0.25) is 0 Å². The van der Waals surface area contributed by atoms with E-state index in [0.717, 1.165) is 25.3 Å². The molecule has 1 heterocycles. The van der Waals surface area contributed by atoms with Crippen LogP contribution >= 0.6 is 23.4 Å². The fourth-order valence-electron chi connectivity index (χ4n) is 3.16. The third-order valence-corrected chi connectivity index (χ3v) is 5.47. The summed E-state index contributed by atoms with van der Waals surface area (Å²) in [5.74, 6) is -1.03. The SMILES string of the molecule is CSC1CCC(n2c(C(C)Cl)nc3ccc(F)c(F)c32)C1. The molecule has 0 spiro atoms. The Hall–Kier alpha value is -0.810. The zero-order valence-electron chi connectivity index (χ0n) is 11.9. The van der Waals surface area contributed by atoms with Gasteiger partial charge in [0.05, 0.1) is 10.9 Å². The van der Waals surface area contributed by atoms with Crippen molar-refractivity contribution < 1.29 is 8.78 Å². The normalized spacial score (nSPS) is 23.9. The zero-order chi connectivity index (χ0) is 15.1. The number of alkyl halides is 1. The molecule has 0 N–H and O–H groups in total. The molecule has 3 rings (SSSR count). The lowest BCUT2D eigenvalue weighted by Crippen LogP contribution is -2.12. The van der Waals surface area contributed by atoms with E-state index in [1.165, 1.54) is 6.07 Å². The molecule has 3 unspecified atom stereocenters. The first kappa shape index (κ1) is 15.1. The number of hydrogen-bond acceptors (Lipinski definition) is 2. The van der Waals surface area contributed by atoms with Crippen LogP contribution in [0.25, 0.3) is 11.0 Å². The minimum Gasteiger partial charge on any atom is -0.321 e. The van der Waals surface area contributed by atoms with Crippen molar-refractivity contribution in [3.8, 4) is 0 Å². The fourth-order valence-corrected chi connectivity index (χ4v) is 4.10. The molecule has 1 aliphatic carbocycles. The van der Waals surface area contributed by atoms with Crippen LogP contribution < -0.4 is 0 Å². The minimum absolute atomic E-state index is 0.139. The highest BCUT2D eigenvalue weighted by atomic mass is 35.5. The molecule has 0 radical (unpaired) electrons. The maximum atomic E-state index is 14.3. The van der Waals surface area contributed by atoms with Gasteiger partial charge in [0.1, 0.15) is 11.3 Å². The van der Waals surface area contributed by atoms with E-state index in [1.807, 2.05) is 23.3 Å². The Bertz CT molecular complexity index is 671. The molecule has 3 atom stereocenters. The topological polar surface area (TPSA) is 17.8 Å². The maximum absolute atomic E-state index is 14.3. The highest BCUT2D eigenvalue weighted by Gasteiger charge is 2.31. The molecule has 2 aromatic rings. The average Bonchev–Trinajstić information content (AvgIpc) is 3.06. The van der Waals surface area contributed by atoms with Crippen molar-refractivity contribution in [2.75, 3.05) is 6.26 Å². The van der Waals surface area contributed by atoms with Gasteiger partial charge in [0.25, 0.3) is 0 Å². The fraction of sp³-hybridized carbons (Fsp3) is 0.533. The van der Waals surface area contributed by atoms with Gasteiger partial charge in [0.15, 0.2) is 11.6 Å². The van der Waals surface area contributed by atoms with Crippen molar-refractivity contribution in [1.82, 2.24) is 9.55 Å². The molecule has 21 heavy (non-hydrogen) atoms. The van der Waals surface area contributed by atoms with E-state index < -0.39 is 11.6 Å². The Kier molecular flexibility index (Phi) is 4.14. The smallest absolute Gasteiger partial charge is 0.184 e. The predicted octanol–water partition coefficient (Wildman–Crippen LogP) is 5.07. The van der Waals surface area contributed by atoms with Crippen LogP contribution in [-0.4, -0.2) is 21.1 Å². The summed E-state index contributed by atoms with van der Waals surface area (Å²) in [6.07, 6.45) is 5.06. The average molecular weight is 331 g/mol. The number of nitrogens with zero attached hydrogens (tertiary/aromatic N) is 2. The molecule has 0 amide bonds. The van der Waals surface area contributed by atoms with Crippen LogP contribution in [0.2, 0.25) is 0 Å². The summed E-state index contributed by atoms with van der Waals surface area (Å²) in [6, 6.07) is 2.78. The van der Waals surface area contributed by atoms with Crippen LogP contribution in [0.4, 0.5) is 8.78 Å². The molecule has 1 aliphatic rings. The van der Waals surface area contributed by atoms with Gasteiger partial charge < -0.3 is 4.57 Å². The minimum atomic E-state index is -0.836. The lowest BCUT2D eigenvalue weighted by Gasteiger charge is -2.18. The van der Waals surface area contributed by atoms with E-state index in [2.05, 4.69) is 11.2 Å². The first-order valence-corrected chi connectivity index (χ1v) is 8.78. The summed E-state index contributed by atoms with van der Waals surface area (Å²) >= 11 is 8.04. The molecular weight excluding hydrogens is 314 g/mol. The Morgan fingerprint density at radius 3 is 2.76 bits per heavy atom. The number of imidazole rings is 1. The van der Waals surface area contributed by atoms with Gasteiger partial charge in [-0.15, -0.1) is 11.6 Å². The number of rotatable bonds is 3. The van der Waals surface area contributed by atoms with Crippen LogP contribution in [0.5, 0.6) is 0 Å². The number of benzene rings is 1. The van der Waals surface area contributed by atoms with Crippen molar-refractivity contribution in [3.05, 3.63) is 29.6 Å². The quantitative estimate of drug-likeness (QED) is 0.731. The van der Waals surface area contributed by atoms with E-state index in [0.29, 0.717) is 16.6 Å². The zero-order valence-corrected chi connectivity index (χ0v) is 13.5. The number of fused-ring (bicyclic) bond motifs is 1. The van der Waals surface area contributed by atoms with Crippen molar-refractivity contribution in [2.45, 2.75) is 42.9 Å². The highest BCUT2D eigenvalue weighted by molar-refractivity contribution is 7.99. The van der Waals surface area contributed by atoms with Crippen molar-refractivity contribution in [2.24, 2.45) is 0 Å². The van der Waals surface area contributed by atoms with Crippen molar-refractivity contribution >= 4 is 34.4 Å². The van der Waals surface area contributed by atoms with Crippen molar-refractivity contribution in [3.63, 3.8) is 0 Å². The molecule has 2 nitrogen and oxygen atoms in total. The third-order valence-electron chi connectivity index (χ3n) is 4.18. The summed E-state index contributed by atoms with van der Waals surface area (Å²) in [5, 5.41) is 0.218. The summed E-state index contributed by atoms with van der Waals surface area (Å²) in [6.45, 7) is 1.81. The molecule has 0 bridgehead atoms. The van der Waals surface area contributed by atoms with E-state index in [1.54, 1.807) is 0 Å². The Morgan fingerprint density at radius 2 is 2.14 bits per heavy atom. The van der Waals surface area contributed by atoms with E-state index in [4.69, 9.17) is 11.6 Å². The second kappa shape index (κ2) is 5.76. The number of hydrogen-bond donors (Lipinski definition) is 0. The van der Waals surface area contributed by atoms with E-state index >= 15 is 0 Å². The highest BCUT2D eigenvalue weighted by Crippen LogP contribution is 2.40. The largest absolute Gasteiger partial charge is 0.321 e. The summed E-state index contributed by atoms with van der Waals surface area (Å²) in [5.41, 5.74) is 0.730. The molecule has 1 saturated carbocycles. The summed E-state index contributed by atoms with van der Waals surface area (Å²) in [4.78, 5) is 4.43. The molecule has 6 heteroatoms. The van der Waals surface area contributed by atoms with Gasteiger partial charge >= 0.3 is 0 Å². The molecular formula is C15H17ClF2N2S. The number of aromatic nitrogens is 2. The third kappa shape index (κ3) is 2.55. The van der Waals surface area contributed by atoms with Crippen molar-refractivity contribution in [1.29, 1.82) is 0 Å². The van der Waals surface area contributed by atoms with Crippen LogP contribution in [0.15, 0.2) is 12.1 Å². The van der Waals surface area contributed by atoms with E-state index in [-0.39, 0.29) is 16.9 Å². The monoisotopic (exact) mass is 330 g/mol. The van der Waals surface area contributed by atoms with Gasteiger partial charge in [0.2, 0.25) is 0 Å². The first-order valence-electron chi connectivity index (χ1n) is 7.05. The maximum Gasteiger partial charge on any atom is 0.184 e. The van der Waals surface area contributed by atoms with Crippen LogP contribution in [0.1, 0.15) is 43.4 Å². The van der Waals surface area contributed by atoms with E-state index in [9.17, 15) is 8.78 Å². The predicted molar refractivity (Wildman–Crippen MR) is 84.1 cm³/mol. The van der Waals surface area contributed by atoms with Gasteiger partial charge in [-0.2, -0.15) is 11.8 Å². The molecule has 0 saturated heterocycles. The van der Waals surface area contributed by atoms with Crippen LogP contribution in [0, 0.1) is 11.6 Å². The Balaban J connectivity index is 2.18. The second-order valence-electron chi connectivity index (χ2n) is 5.51. The summed E-state index contributed by atoms with van der Waals surface area (Å²) in [7, 11) is 0. The first-order chi connectivity index (χ1) is 10.0. The van der Waals surface area contributed by atoms with Crippen LogP contribution in [-0.2, 0) is 0 Å². The molecule has 0 aliphatic heterocycles. The lowest BCUT2D eigenvalue weighted by molar-refractivity contribution is 0.483. The number of halogens is 3. The van der Waals surface area contributed by atoms with Gasteiger partial charge in [-0.05, 0) is 44.6 Å². The summed E-state index contributed by atoms with van der Waals surface area (Å²) < 4.78 is 29.7. The Labute approximate surface area is 131 Å². The standard InChI is InChI=1S/C15H17ClF2N2S/c1-8(16)15-19-12-6-5-11(17)13(18)14(12)20(15)9-3-4-10(7-9)21-2/h5-6,8-10H,3-4,7H2,1-2H3. The molecule has 1 aromatic heterocycles. The molecule has 1 fully saturated rings. The lowest BCUT2D eigenvalue weighted by atomic mass is 10.2. The molecule has 1 aromatic carbocycles. The van der Waals surface area contributed by atoms with Gasteiger partial charge in [-0.1, -0.05) is 0 Å². The second-order valence-corrected chi connectivity index (χ2v) is 7.30. The number of thioether (sulfide) groups is 1. The Morgan fingerprint density at radius 1 is 1.38 bits per heavy atom. The van der Waals surface area contributed by atoms with Crippen LogP contribution in [0.3, 0.4) is 0 Å². The molecule has 114 valence electrons. The van der Waals surface area contributed by atoms with Gasteiger partial charge in [0, 0.05) is 11.3 Å².